The van der Waals surface area contributed by atoms with Gasteiger partial charge in [0, 0.05) is 12.1 Å². The highest BCUT2D eigenvalue weighted by Gasteiger charge is 2.55. The number of aliphatic hydroxyl groups is 1. The van der Waals surface area contributed by atoms with Crippen molar-refractivity contribution in [2.75, 3.05) is 19.7 Å². The maximum Gasteiger partial charge on any atom is 0.435 e. The fourth-order valence-corrected chi connectivity index (χ4v) is 3.28. The molecule has 3 rings (SSSR count). The average Bonchev–Trinajstić information content (AvgIpc) is 2.99. The summed E-state index contributed by atoms with van der Waals surface area (Å²) in [6.45, 7) is 4.06. The van der Waals surface area contributed by atoms with E-state index in [1.807, 2.05) is 6.92 Å². The van der Waals surface area contributed by atoms with Gasteiger partial charge in [-0.15, -0.1) is 0 Å². The molecule has 2 saturated heterocycles. The summed E-state index contributed by atoms with van der Waals surface area (Å²) in [5.41, 5.74) is -2.09. The second kappa shape index (κ2) is 5.45. The Kier molecular flexibility index (Phi) is 3.91. The van der Waals surface area contributed by atoms with Crippen LogP contribution in [0.5, 0.6) is 0 Å². The van der Waals surface area contributed by atoms with Gasteiger partial charge in [-0.2, -0.15) is 18.3 Å². The van der Waals surface area contributed by atoms with Crippen LogP contribution in [-0.2, 0) is 22.3 Å². The lowest BCUT2D eigenvalue weighted by molar-refractivity contribution is -0.158. The number of amides is 1. The molecule has 1 unspecified atom stereocenters. The SMILES string of the molecule is CCC1(O)COC2(CN(C(=O)Cn3nc(C(F)(F)F)cc3C)C2)C1. The number of likely N-dealkylation sites (tertiary alicyclic amines) is 1. The fourth-order valence-electron chi connectivity index (χ4n) is 3.28. The smallest absolute Gasteiger partial charge is 0.387 e. The topological polar surface area (TPSA) is 67.6 Å². The highest BCUT2D eigenvalue weighted by Crippen LogP contribution is 2.41. The third kappa shape index (κ3) is 3.02. The van der Waals surface area contributed by atoms with E-state index >= 15 is 0 Å². The molecule has 1 aromatic heterocycles. The summed E-state index contributed by atoms with van der Waals surface area (Å²) in [6.07, 6.45) is -3.48. The van der Waals surface area contributed by atoms with Crippen molar-refractivity contribution >= 4 is 5.91 Å². The van der Waals surface area contributed by atoms with Crippen molar-refractivity contribution < 1.29 is 27.8 Å². The van der Waals surface area contributed by atoms with Crippen molar-refractivity contribution in [1.29, 1.82) is 0 Å². The third-order valence-electron chi connectivity index (χ3n) is 4.82. The van der Waals surface area contributed by atoms with E-state index in [0.29, 0.717) is 25.9 Å². The molecule has 2 fully saturated rings. The number of nitrogens with zero attached hydrogens (tertiary/aromatic N) is 3. The van der Waals surface area contributed by atoms with Gasteiger partial charge in [0.25, 0.3) is 0 Å². The number of alkyl halides is 3. The zero-order valence-corrected chi connectivity index (χ0v) is 13.6. The minimum Gasteiger partial charge on any atom is -0.387 e. The maximum absolute atomic E-state index is 12.6. The van der Waals surface area contributed by atoms with E-state index in [-0.39, 0.29) is 24.8 Å². The van der Waals surface area contributed by atoms with Gasteiger partial charge >= 0.3 is 6.18 Å². The molecule has 1 atom stereocenters. The molecular weight excluding hydrogens is 327 g/mol. The van der Waals surface area contributed by atoms with Crippen LogP contribution in [0.25, 0.3) is 0 Å². The lowest BCUT2D eigenvalue weighted by Crippen LogP contribution is -2.64. The number of aromatic nitrogens is 2. The van der Waals surface area contributed by atoms with Gasteiger partial charge in [-0.1, -0.05) is 6.92 Å². The number of aryl methyl sites for hydroxylation is 1. The van der Waals surface area contributed by atoms with Crippen molar-refractivity contribution in [3.05, 3.63) is 17.5 Å². The van der Waals surface area contributed by atoms with Crippen molar-refractivity contribution in [3.63, 3.8) is 0 Å². The molecule has 1 spiro atoms. The van der Waals surface area contributed by atoms with E-state index < -0.39 is 23.1 Å². The number of carbonyl (C=O) groups excluding carboxylic acids is 1. The standard InChI is InChI=1S/C15H20F3N3O3/c1-3-13(23)6-14(24-9-13)7-20(8-14)12(22)5-21-10(2)4-11(19-21)15(16,17)18/h4,23H,3,5-9H2,1-2H3. The Labute approximate surface area is 137 Å². The number of carbonyl (C=O) groups is 1. The molecule has 6 nitrogen and oxygen atoms in total. The average molecular weight is 347 g/mol. The van der Waals surface area contributed by atoms with E-state index in [4.69, 9.17) is 4.74 Å². The van der Waals surface area contributed by atoms with Crippen molar-refractivity contribution in [2.24, 2.45) is 0 Å². The summed E-state index contributed by atoms with van der Waals surface area (Å²) < 4.78 is 44.7. The summed E-state index contributed by atoms with van der Waals surface area (Å²) in [5, 5.41) is 13.7. The highest BCUT2D eigenvalue weighted by molar-refractivity contribution is 5.77. The fraction of sp³-hybridized carbons (Fsp3) is 0.733. The van der Waals surface area contributed by atoms with Gasteiger partial charge in [-0.25, -0.2) is 0 Å². The van der Waals surface area contributed by atoms with Crippen LogP contribution in [0.3, 0.4) is 0 Å². The first-order valence-electron chi connectivity index (χ1n) is 7.82. The molecule has 134 valence electrons. The number of ether oxygens (including phenoxy) is 1. The van der Waals surface area contributed by atoms with E-state index in [1.165, 1.54) is 11.8 Å². The molecule has 24 heavy (non-hydrogen) atoms. The Morgan fingerprint density at radius 1 is 1.46 bits per heavy atom. The van der Waals surface area contributed by atoms with E-state index in [9.17, 15) is 23.1 Å². The molecule has 0 bridgehead atoms. The number of rotatable bonds is 3. The van der Waals surface area contributed by atoms with Crippen molar-refractivity contribution in [2.45, 2.75) is 50.6 Å². The van der Waals surface area contributed by atoms with Crippen molar-refractivity contribution in [3.8, 4) is 0 Å². The lowest BCUT2D eigenvalue weighted by atomic mass is 9.84. The minimum absolute atomic E-state index is 0.240. The molecule has 0 saturated carbocycles. The molecule has 1 amide bonds. The molecule has 2 aliphatic rings. The first kappa shape index (κ1) is 17.2. The van der Waals surface area contributed by atoms with Crippen LogP contribution < -0.4 is 0 Å². The summed E-state index contributed by atoms with van der Waals surface area (Å²) in [6, 6.07) is 0.923. The first-order chi connectivity index (χ1) is 11.1. The van der Waals surface area contributed by atoms with Crippen LogP contribution in [0.2, 0.25) is 0 Å². The molecule has 2 aliphatic heterocycles. The molecule has 0 aliphatic carbocycles. The van der Waals surface area contributed by atoms with Crippen LogP contribution in [0.1, 0.15) is 31.2 Å². The molecule has 0 aromatic carbocycles. The van der Waals surface area contributed by atoms with E-state index in [1.54, 1.807) is 0 Å². The van der Waals surface area contributed by atoms with Gasteiger partial charge in [0.05, 0.1) is 25.3 Å². The van der Waals surface area contributed by atoms with Crippen LogP contribution in [0, 0.1) is 6.92 Å². The summed E-state index contributed by atoms with van der Waals surface area (Å²) in [5.74, 6) is -0.309. The zero-order chi connectivity index (χ0) is 17.8. The quantitative estimate of drug-likeness (QED) is 0.896. The highest BCUT2D eigenvalue weighted by atomic mass is 19.4. The molecule has 3 heterocycles. The number of hydrogen-bond donors (Lipinski definition) is 1. The monoisotopic (exact) mass is 347 g/mol. The van der Waals surface area contributed by atoms with Gasteiger partial charge in [0.15, 0.2) is 5.69 Å². The molecule has 0 radical (unpaired) electrons. The molecule has 9 heteroatoms. The summed E-state index contributed by atoms with van der Waals surface area (Å²) in [4.78, 5) is 13.8. The predicted molar refractivity (Wildman–Crippen MR) is 77.1 cm³/mol. The Morgan fingerprint density at radius 3 is 2.62 bits per heavy atom. The normalized spacial score (nSPS) is 26.0. The number of hydrogen-bond acceptors (Lipinski definition) is 4. The number of halogens is 3. The summed E-state index contributed by atoms with van der Waals surface area (Å²) >= 11 is 0. The maximum atomic E-state index is 12.6. The van der Waals surface area contributed by atoms with Gasteiger partial charge in [-0.05, 0) is 19.4 Å². The molecule has 1 aromatic rings. The van der Waals surface area contributed by atoms with Crippen LogP contribution >= 0.6 is 0 Å². The lowest BCUT2D eigenvalue weighted by Gasteiger charge is -2.47. The third-order valence-corrected chi connectivity index (χ3v) is 4.82. The van der Waals surface area contributed by atoms with E-state index in [0.717, 1.165) is 10.7 Å². The van der Waals surface area contributed by atoms with Crippen LogP contribution in [0.4, 0.5) is 13.2 Å². The Bertz CT molecular complexity index is 652. The first-order valence-corrected chi connectivity index (χ1v) is 7.82. The Morgan fingerprint density at radius 2 is 2.12 bits per heavy atom. The van der Waals surface area contributed by atoms with Gasteiger partial charge < -0.3 is 14.7 Å². The second-order valence-corrected chi connectivity index (χ2v) is 6.80. The van der Waals surface area contributed by atoms with E-state index in [2.05, 4.69) is 5.10 Å². The van der Waals surface area contributed by atoms with Gasteiger partial charge in [-0.3, -0.25) is 9.48 Å². The van der Waals surface area contributed by atoms with Crippen molar-refractivity contribution in [1.82, 2.24) is 14.7 Å². The van der Waals surface area contributed by atoms with Gasteiger partial charge in [0.1, 0.15) is 12.1 Å². The predicted octanol–water partition coefficient (Wildman–Crippen LogP) is 1.35. The van der Waals surface area contributed by atoms with Crippen LogP contribution in [0.15, 0.2) is 6.07 Å². The molecular formula is C15H20F3N3O3. The second-order valence-electron chi connectivity index (χ2n) is 6.80. The largest absolute Gasteiger partial charge is 0.435 e. The minimum atomic E-state index is -4.53. The Hall–Kier alpha value is -1.61. The summed E-state index contributed by atoms with van der Waals surface area (Å²) in [7, 11) is 0. The molecule has 1 N–H and O–H groups in total. The zero-order valence-electron chi connectivity index (χ0n) is 13.6. The van der Waals surface area contributed by atoms with Gasteiger partial charge in [0.2, 0.25) is 5.91 Å². The Balaban J connectivity index is 1.59. The van der Waals surface area contributed by atoms with Crippen LogP contribution in [-0.4, -0.2) is 56.6 Å².